The molecule has 2 aromatic carbocycles. The molecule has 36 heavy (non-hydrogen) atoms. The van der Waals surface area contributed by atoms with Gasteiger partial charge in [0.2, 0.25) is 11.9 Å². The number of aliphatic hydroxyl groups is 1. The third-order valence-corrected chi connectivity index (χ3v) is 6.18. The molecule has 4 rings (SSSR count). The molecule has 0 bridgehead atoms. The maximum absolute atomic E-state index is 15.6. The largest absolute Gasteiger partial charge is 0.394 e. The predicted octanol–water partition coefficient (Wildman–Crippen LogP) is 3.61. The average Bonchev–Trinajstić information content (AvgIpc) is 3.18. The molecule has 0 radical (unpaired) electrons. The maximum Gasteiger partial charge on any atom is 0.258 e. The lowest BCUT2D eigenvalue weighted by Gasteiger charge is -2.26. The summed E-state index contributed by atoms with van der Waals surface area (Å²) in [6, 6.07) is 11.0. The summed E-state index contributed by atoms with van der Waals surface area (Å²) in [7, 11) is 0. The highest BCUT2D eigenvalue weighted by atomic mass is 19.1. The fourth-order valence-electron chi connectivity index (χ4n) is 4.28. The van der Waals surface area contributed by atoms with E-state index >= 15 is 4.39 Å². The summed E-state index contributed by atoms with van der Waals surface area (Å²) < 4.78 is 15.6. The van der Waals surface area contributed by atoms with Crippen LogP contribution in [0.3, 0.4) is 0 Å². The van der Waals surface area contributed by atoms with Crippen molar-refractivity contribution in [2.45, 2.75) is 52.4 Å². The zero-order valence-electron chi connectivity index (χ0n) is 20.7. The smallest absolute Gasteiger partial charge is 0.258 e. The molecule has 3 aromatic rings. The molecule has 0 saturated heterocycles. The number of halogens is 1. The van der Waals surface area contributed by atoms with Crippen LogP contribution in [0.4, 0.5) is 10.3 Å². The number of amides is 2. The van der Waals surface area contributed by atoms with Gasteiger partial charge in [0.05, 0.1) is 23.9 Å². The zero-order chi connectivity index (χ0) is 26.0. The van der Waals surface area contributed by atoms with Crippen LogP contribution in [0.5, 0.6) is 0 Å². The van der Waals surface area contributed by atoms with Crippen LogP contribution in [0.2, 0.25) is 0 Å². The summed E-state index contributed by atoms with van der Waals surface area (Å²) >= 11 is 0. The Balaban J connectivity index is 1.54. The number of benzene rings is 2. The normalized spacial score (nSPS) is 14.5. The van der Waals surface area contributed by atoms with Crippen LogP contribution in [-0.4, -0.2) is 50.5 Å². The molecule has 2 heterocycles. The Morgan fingerprint density at radius 1 is 1.19 bits per heavy atom. The van der Waals surface area contributed by atoms with Gasteiger partial charge in [-0.3, -0.25) is 9.59 Å². The van der Waals surface area contributed by atoms with Gasteiger partial charge < -0.3 is 20.6 Å². The van der Waals surface area contributed by atoms with Gasteiger partial charge >= 0.3 is 0 Å². The van der Waals surface area contributed by atoms with Crippen LogP contribution in [0.15, 0.2) is 48.7 Å². The van der Waals surface area contributed by atoms with Crippen LogP contribution in [0, 0.1) is 12.7 Å². The second-order valence-electron chi connectivity index (χ2n) is 9.29. The van der Waals surface area contributed by atoms with Crippen molar-refractivity contribution >= 4 is 17.8 Å². The number of nitrogens with one attached hydrogen (secondary N) is 2. The van der Waals surface area contributed by atoms with Gasteiger partial charge in [0.1, 0.15) is 11.9 Å². The molecular weight excluding hydrogens is 461 g/mol. The van der Waals surface area contributed by atoms with E-state index in [2.05, 4.69) is 20.6 Å². The van der Waals surface area contributed by atoms with E-state index in [4.69, 9.17) is 0 Å². The minimum absolute atomic E-state index is 0.0541. The SMILES string of the molecule is Cc1cccc([C@@H](CO)NC(=O)C(C)N2Cc3ccc(-c4ccnc(NC(C)C)n4)c(F)c3C2=O)c1. The first-order chi connectivity index (χ1) is 17.2. The molecule has 0 fully saturated rings. The number of rotatable bonds is 8. The molecule has 188 valence electrons. The van der Waals surface area contributed by atoms with E-state index in [0.29, 0.717) is 17.2 Å². The molecular formula is C27H30FN5O3. The van der Waals surface area contributed by atoms with Crippen LogP contribution in [0.25, 0.3) is 11.3 Å². The van der Waals surface area contributed by atoms with Gasteiger partial charge in [-0.25, -0.2) is 14.4 Å². The Morgan fingerprint density at radius 2 is 1.97 bits per heavy atom. The van der Waals surface area contributed by atoms with Crippen molar-refractivity contribution in [3.8, 4) is 11.3 Å². The van der Waals surface area contributed by atoms with Crippen molar-refractivity contribution in [3.63, 3.8) is 0 Å². The van der Waals surface area contributed by atoms with Gasteiger partial charge in [0, 0.05) is 24.3 Å². The average molecular weight is 492 g/mol. The summed E-state index contributed by atoms with van der Waals surface area (Å²) in [5.41, 5.74) is 2.76. The van der Waals surface area contributed by atoms with Crippen molar-refractivity contribution in [1.82, 2.24) is 20.2 Å². The molecule has 9 heteroatoms. The molecule has 2 atom stereocenters. The molecule has 3 N–H and O–H groups in total. The number of aliphatic hydroxyl groups excluding tert-OH is 1. The van der Waals surface area contributed by atoms with Crippen molar-refractivity contribution in [3.05, 3.63) is 76.7 Å². The molecule has 0 spiro atoms. The number of fused-ring (bicyclic) bond motifs is 1. The fraction of sp³-hybridized carbons (Fsp3) is 0.333. The second kappa shape index (κ2) is 10.4. The summed E-state index contributed by atoms with van der Waals surface area (Å²) in [6.45, 7) is 7.23. The molecule has 2 amide bonds. The number of hydrogen-bond acceptors (Lipinski definition) is 6. The number of anilines is 1. The molecule has 1 aliphatic rings. The predicted molar refractivity (Wildman–Crippen MR) is 135 cm³/mol. The minimum Gasteiger partial charge on any atom is -0.394 e. The van der Waals surface area contributed by atoms with Crippen LogP contribution in [-0.2, 0) is 11.3 Å². The molecule has 1 aliphatic heterocycles. The van der Waals surface area contributed by atoms with Gasteiger partial charge in [-0.05, 0) is 51.0 Å². The summed E-state index contributed by atoms with van der Waals surface area (Å²) in [5, 5.41) is 15.7. The lowest BCUT2D eigenvalue weighted by molar-refractivity contribution is -0.126. The molecule has 0 aliphatic carbocycles. The first-order valence-electron chi connectivity index (χ1n) is 11.9. The van der Waals surface area contributed by atoms with Gasteiger partial charge in [-0.2, -0.15) is 0 Å². The standard InChI is InChI=1S/C27H30FN5O3/c1-15(2)30-27-29-11-10-21(32-27)20-9-8-19-13-33(26(36)23(19)24(20)28)17(4)25(35)31-22(14-34)18-7-5-6-16(3)12-18/h5-12,15,17,22,34H,13-14H2,1-4H3,(H,31,35)(H,29,30,32)/t17?,22-/m1/s1. The third kappa shape index (κ3) is 5.06. The Labute approximate surface area is 209 Å². The Morgan fingerprint density at radius 3 is 2.67 bits per heavy atom. The first kappa shape index (κ1) is 25.2. The first-order valence-corrected chi connectivity index (χ1v) is 11.9. The van der Waals surface area contributed by atoms with Gasteiger partial charge in [0.25, 0.3) is 5.91 Å². The maximum atomic E-state index is 15.6. The van der Waals surface area contributed by atoms with E-state index in [1.807, 2.05) is 45.0 Å². The van der Waals surface area contributed by atoms with E-state index in [0.717, 1.165) is 11.1 Å². The van der Waals surface area contributed by atoms with Crippen LogP contribution in [0.1, 0.15) is 53.9 Å². The lowest BCUT2D eigenvalue weighted by atomic mass is 10.0. The summed E-state index contributed by atoms with van der Waals surface area (Å²) in [4.78, 5) is 36.1. The lowest BCUT2D eigenvalue weighted by Crippen LogP contribution is -2.46. The highest BCUT2D eigenvalue weighted by Crippen LogP contribution is 2.33. The van der Waals surface area contributed by atoms with Crippen LogP contribution < -0.4 is 10.6 Å². The molecule has 0 saturated carbocycles. The van der Waals surface area contributed by atoms with Crippen molar-refractivity contribution in [2.75, 3.05) is 11.9 Å². The topological polar surface area (TPSA) is 107 Å². The number of carbonyl (C=O) groups is 2. The van der Waals surface area contributed by atoms with E-state index in [9.17, 15) is 14.7 Å². The van der Waals surface area contributed by atoms with Crippen molar-refractivity contribution in [1.29, 1.82) is 0 Å². The van der Waals surface area contributed by atoms with Crippen LogP contribution >= 0.6 is 0 Å². The number of carbonyl (C=O) groups excluding carboxylic acids is 2. The Hall–Kier alpha value is -3.85. The quantitative estimate of drug-likeness (QED) is 0.444. The molecule has 1 aromatic heterocycles. The Kier molecular flexibility index (Phi) is 7.30. The molecule has 8 nitrogen and oxygen atoms in total. The number of aromatic nitrogens is 2. The third-order valence-electron chi connectivity index (χ3n) is 6.18. The van der Waals surface area contributed by atoms with E-state index in [1.54, 1.807) is 25.1 Å². The highest BCUT2D eigenvalue weighted by Gasteiger charge is 2.37. The summed E-state index contributed by atoms with van der Waals surface area (Å²) in [5.74, 6) is -1.29. The monoisotopic (exact) mass is 491 g/mol. The zero-order valence-corrected chi connectivity index (χ0v) is 20.7. The Bertz CT molecular complexity index is 1300. The second-order valence-corrected chi connectivity index (χ2v) is 9.29. The number of nitrogens with zero attached hydrogens (tertiary/aromatic N) is 3. The summed E-state index contributed by atoms with van der Waals surface area (Å²) in [6.07, 6.45) is 1.53. The van der Waals surface area contributed by atoms with E-state index in [-0.39, 0.29) is 30.3 Å². The fourth-order valence-corrected chi connectivity index (χ4v) is 4.28. The van der Waals surface area contributed by atoms with E-state index in [1.165, 1.54) is 11.1 Å². The number of aryl methyl sites for hydroxylation is 1. The molecule has 1 unspecified atom stereocenters. The number of hydrogen-bond donors (Lipinski definition) is 3. The van der Waals surface area contributed by atoms with E-state index < -0.39 is 29.7 Å². The highest BCUT2D eigenvalue weighted by molar-refractivity contribution is 6.02. The van der Waals surface area contributed by atoms with Crippen molar-refractivity contribution in [2.24, 2.45) is 0 Å². The van der Waals surface area contributed by atoms with Gasteiger partial charge in [-0.1, -0.05) is 35.9 Å². The van der Waals surface area contributed by atoms with Crippen molar-refractivity contribution < 1.29 is 19.1 Å². The minimum atomic E-state index is -0.868. The van der Waals surface area contributed by atoms with Gasteiger partial charge in [-0.15, -0.1) is 0 Å². The van der Waals surface area contributed by atoms with Gasteiger partial charge in [0.15, 0.2) is 0 Å².